The van der Waals surface area contributed by atoms with Crippen molar-refractivity contribution in [3.63, 3.8) is 0 Å². The number of aryl methyl sites for hydroxylation is 1. The zero-order valence-corrected chi connectivity index (χ0v) is 11.2. The molecule has 0 unspecified atom stereocenters. The molecule has 3 rings (SSSR count). The molecule has 0 aliphatic rings. The molecule has 3 aromatic heterocycles. The molecule has 3 heterocycles. The fourth-order valence-corrected chi connectivity index (χ4v) is 2.38. The van der Waals surface area contributed by atoms with Gasteiger partial charge in [0, 0.05) is 18.8 Å². The monoisotopic (exact) mass is 272 g/mol. The van der Waals surface area contributed by atoms with Crippen LogP contribution in [0.15, 0.2) is 35.3 Å². The number of rotatable bonds is 4. The summed E-state index contributed by atoms with van der Waals surface area (Å²) in [5, 5.41) is 0. The van der Waals surface area contributed by atoms with Crippen molar-refractivity contribution in [3.05, 3.63) is 40.8 Å². The van der Waals surface area contributed by atoms with Crippen LogP contribution in [-0.2, 0) is 6.54 Å². The van der Waals surface area contributed by atoms with E-state index in [4.69, 9.17) is 10.5 Å². The van der Waals surface area contributed by atoms with Gasteiger partial charge in [0.25, 0.3) is 5.56 Å². The molecule has 0 atom stereocenters. The van der Waals surface area contributed by atoms with Gasteiger partial charge in [-0.1, -0.05) is 0 Å². The van der Waals surface area contributed by atoms with E-state index in [0.717, 1.165) is 11.9 Å². The number of hydrogen-bond acceptors (Lipinski definition) is 4. The zero-order chi connectivity index (χ0) is 14.1. The van der Waals surface area contributed by atoms with Crippen LogP contribution in [-0.4, -0.2) is 27.6 Å². The van der Waals surface area contributed by atoms with Gasteiger partial charge in [-0.3, -0.25) is 9.20 Å². The van der Waals surface area contributed by atoms with Gasteiger partial charge < -0.3 is 15.0 Å². The average Bonchev–Trinajstić information content (AvgIpc) is 2.97. The first kappa shape index (κ1) is 12.7. The molecule has 0 aliphatic carbocycles. The summed E-state index contributed by atoms with van der Waals surface area (Å²) in [6, 6.07) is 7.25. The maximum Gasteiger partial charge on any atom is 0.275 e. The van der Waals surface area contributed by atoms with Crippen molar-refractivity contribution < 1.29 is 4.74 Å². The third-order valence-electron chi connectivity index (χ3n) is 3.36. The first-order valence-electron chi connectivity index (χ1n) is 6.51. The van der Waals surface area contributed by atoms with E-state index in [0.29, 0.717) is 30.1 Å². The molecule has 3 aromatic rings. The molecule has 6 heteroatoms. The molecule has 0 radical (unpaired) electrons. The number of ether oxygens (including phenoxy) is 1. The van der Waals surface area contributed by atoms with E-state index >= 15 is 0 Å². The Labute approximate surface area is 115 Å². The van der Waals surface area contributed by atoms with Crippen molar-refractivity contribution in [2.75, 3.05) is 13.7 Å². The van der Waals surface area contributed by atoms with Gasteiger partial charge in [0.05, 0.1) is 12.6 Å². The topological polar surface area (TPSA) is 74.5 Å². The lowest BCUT2D eigenvalue weighted by atomic mass is 10.3. The van der Waals surface area contributed by atoms with Crippen molar-refractivity contribution >= 4 is 16.7 Å². The lowest BCUT2D eigenvalue weighted by Crippen LogP contribution is -2.24. The Morgan fingerprint density at radius 3 is 2.90 bits per heavy atom. The summed E-state index contributed by atoms with van der Waals surface area (Å²) in [7, 11) is 1.57. The van der Waals surface area contributed by atoms with Gasteiger partial charge in [-0.15, -0.1) is 0 Å². The number of fused-ring (bicyclic) bond motifs is 3. The molecule has 0 aliphatic heterocycles. The van der Waals surface area contributed by atoms with Gasteiger partial charge in [0.2, 0.25) is 5.88 Å². The first-order valence-corrected chi connectivity index (χ1v) is 6.51. The molecule has 104 valence electrons. The fraction of sp³-hybridized carbons (Fsp3) is 0.286. The van der Waals surface area contributed by atoms with E-state index in [1.54, 1.807) is 28.2 Å². The van der Waals surface area contributed by atoms with Crippen LogP contribution in [0.4, 0.5) is 0 Å². The second-order valence-electron chi connectivity index (χ2n) is 4.56. The Kier molecular flexibility index (Phi) is 3.15. The van der Waals surface area contributed by atoms with Gasteiger partial charge in [0.15, 0.2) is 5.65 Å². The summed E-state index contributed by atoms with van der Waals surface area (Å²) in [6.45, 7) is 1.13. The summed E-state index contributed by atoms with van der Waals surface area (Å²) in [6.07, 6.45) is 2.58. The van der Waals surface area contributed by atoms with Crippen LogP contribution in [0.25, 0.3) is 16.7 Å². The highest BCUT2D eigenvalue weighted by atomic mass is 16.5. The summed E-state index contributed by atoms with van der Waals surface area (Å²) < 4.78 is 8.68. The van der Waals surface area contributed by atoms with Gasteiger partial charge in [-0.05, 0) is 31.2 Å². The van der Waals surface area contributed by atoms with Crippen LogP contribution < -0.4 is 16.0 Å². The van der Waals surface area contributed by atoms with Crippen LogP contribution in [0.5, 0.6) is 5.88 Å². The summed E-state index contributed by atoms with van der Waals surface area (Å²) >= 11 is 0. The molecule has 0 fully saturated rings. The second-order valence-corrected chi connectivity index (χ2v) is 4.56. The molecule has 0 amide bonds. The highest BCUT2D eigenvalue weighted by Crippen LogP contribution is 2.17. The molecule has 0 saturated heterocycles. The average molecular weight is 272 g/mol. The predicted molar refractivity (Wildman–Crippen MR) is 77.2 cm³/mol. The fourth-order valence-electron chi connectivity index (χ4n) is 2.38. The molecular formula is C14H16N4O2. The zero-order valence-electron chi connectivity index (χ0n) is 11.2. The number of aromatic nitrogens is 3. The van der Waals surface area contributed by atoms with E-state index in [9.17, 15) is 4.79 Å². The number of methoxy groups -OCH3 is 1. The van der Waals surface area contributed by atoms with E-state index in [1.165, 1.54) is 0 Å². The van der Waals surface area contributed by atoms with Gasteiger partial charge in [0.1, 0.15) is 5.52 Å². The van der Waals surface area contributed by atoms with Crippen molar-refractivity contribution in [2.45, 2.75) is 13.0 Å². The van der Waals surface area contributed by atoms with Crippen molar-refractivity contribution in [3.8, 4) is 5.88 Å². The second kappa shape index (κ2) is 4.97. The first-order chi connectivity index (χ1) is 9.76. The number of hydrogen-bond donors (Lipinski definition) is 1. The molecule has 0 spiro atoms. The lowest BCUT2D eigenvalue weighted by molar-refractivity contribution is 0.399. The van der Waals surface area contributed by atoms with Crippen molar-refractivity contribution in [1.29, 1.82) is 0 Å². The molecule has 6 nitrogen and oxygen atoms in total. The minimum absolute atomic E-state index is 0.0251. The Morgan fingerprint density at radius 1 is 1.30 bits per heavy atom. The normalized spacial score (nSPS) is 11.3. The smallest absolute Gasteiger partial charge is 0.275 e. The van der Waals surface area contributed by atoms with E-state index in [2.05, 4.69) is 4.98 Å². The summed E-state index contributed by atoms with van der Waals surface area (Å²) in [4.78, 5) is 17.0. The molecule has 0 aromatic carbocycles. The predicted octanol–water partition coefficient (Wildman–Crippen LogP) is 1.01. The SMILES string of the molecule is COc1ccc2c(n1)n1cccc1c(=O)n2CCCN. The standard InChI is InChI=1S/C14H16N4O2/c1-20-12-6-5-10-13(16-12)17-8-2-4-11(17)14(19)18(10)9-3-7-15/h2,4-6,8H,3,7,9,15H2,1H3. The van der Waals surface area contributed by atoms with Crippen LogP contribution in [0, 0.1) is 0 Å². The number of nitrogens with two attached hydrogens (primary N) is 1. The lowest BCUT2D eigenvalue weighted by Gasteiger charge is -2.12. The minimum Gasteiger partial charge on any atom is -0.481 e. The Bertz CT molecular complexity index is 819. The van der Waals surface area contributed by atoms with Gasteiger partial charge in [-0.2, -0.15) is 4.98 Å². The van der Waals surface area contributed by atoms with Gasteiger partial charge in [-0.25, -0.2) is 0 Å². The highest BCUT2D eigenvalue weighted by Gasteiger charge is 2.12. The van der Waals surface area contributed by atoms with E-state index < -0.39 is 0 Å². The molecular weight excluding hydrogens is 256 g/mol. The summed E-state index contributed by atoms with van der Waals surface area (Å²) in [5.74, 6) is 0.525. The largest absolute Gasteiger partial charge is 0.481 e. The Balaban J connectivity index is 2.39. The van der Waals surface area contributed by atoms with Crippen LogP contribution in [0.2, 0.25) is 0 Å². The third kappa shape index (κ3) is 1.85. The molecule has 20 heavy (non-hydrogen) atoms. The van der Waals surface area contributed by atoms with Crippen molar-refractivity contribution in [2.24, 2.45) is 5.73 Å². The summed E-state index contributed by atoms with van der Waals surface area (Å²) in [5.41, 5.74) is 7.63. The minimum atomic E-state index is -0.0251. The van der Waals surface area contributed by atoms with E-state index in [1.807, 2.05) is 18.3 Å². The quantitative estimate of drug-likeness (QED) is 0.769. The van der Waals surface area contributed by atoms with Gasteiger partial charge >= 0.3 is 0 Å². The number of nitrogens with zero attached hydrogens (tertiary/aromatic N) is 3. The molecule has 0 bridgehead atoms. The maximum absolute atomic E-state index is 12.5. The number of pyridine rings is 1. The van der Waals surface area contributed by atoms with E-state index in [-0.39, 0.29) is 5.56 Å². The van der Waals surface area contributed by atoms with Crippen LogP contribution in [0.1, 0.15) is 6.42 Å². The van der Waals surface area contributed by atoms with Crippen LogP contribution >= 0.6 is 0 Å². The third-order valence-corrected chi connectivity index (χ3v) is 3.36. The Hall–Kier alpha value is -2.34. The Morgan fingerprint density at radius 2 is 2.15 bits per heavy atom. The van der Waals surface area contributed by atoms with Crippen LogP contribution in [0.3, 0.4) is 0 Å². The molecule has 2 N–H and O–H groups in total. The highest BCUT2D eigenvalue weighted by molar-refractivity contribution is 5.75. The van der Waals surface area contributed by atoms with Crippen molar-refractivity contribution in [1.82, 2.24) is 14.0 Å². The molecule has 0 saturated carbocycles. The maximum atomic E-state index is 12.5.